The first-order chi connectivity index (χ1) is 7.86. The van der Waals surface area contributed by atoms with Gasteiger partial charge < -0.3 is 25.5 Å². The van der Waals surface area contributed by atoms with Crippen molar-refractivity contribution in [2.75, 3.05) is 0 Å². The van der Waals surface area contributed by atoms with Crippen LogP contribution in [0.2, 0.25) is 0 Å². The van der Waals surface area contributed by atoms with E-state index in [9.17, 15) is 24.9 Å². The molecule has 1 aromatic rings. The van der Waals surface area contributed by atoms with Crippen LogP contribution in [0.5, 0.6) is 5.75 Å². The molecule has 0 bridgehead atoms. The number of aliphatic hydroxyl groups is 2. The Morgan fingerprint density at radius 3 is 1.59 bits per heavy atom. The molecule has 0 fully saturated rings. The summed E-state index contributed by atoms with van der Waals surface area (Å²) in [7, 11) is 0. The molecule has 0 aliphatic rings. The molecule has 92 valence electrons. The molecule has 0 radical (unpaired) electrons. The fraction of sp³-hybridized carbons (Fsp3) is 0.200. The topological polar surface area (TPSA) is 135 Å². The van der Waals surface area contributed by atoms with Gasteiger partial charge in [-0.2, -0.15) is 0 Å². The Balaban J connectivity index is 3.25. The normalized spacial score (nSPS) is 14.0. The number of para-hydroxylation sites is 1. The summed E-state index contributed by atoms with van der Waals surface area (Å²) in [6.45, 7) is 0. The van der Waals surface area contributed by atoms with E-state index >= 15 is 0 Å². The monoisotopic (exact) mass is 242 g/mol. The molecule has 0 heterocycles. The fourth-order valence-corrected chi connectivity index (χ4v) is 1.29. The van der Waals surface area contributed by atoms with Crippen molar-refractivity contribution >= 4 is 11.9 Å². The molecule has 2 unspecified atom stereocenters. The van der Waals surface area contributed by atoms with Crippen LogP contribution in [0.3, 0.4) is 0 Å². The summed E-state index contributed by atoms with van der Waals surface area (Å²) in [5.74, 6) is -3.94. The third-order valence-electron chi connectivity index (χ3n) is 2.16. The van der Waals surface area contributed by atoms with E-state index in [1.807, 2.05) is 0 Å². The van der Waals surface area contributed by atoms with E-state index in [1.54, 1.807) is 0 Å². The van der Waals surface area contributed by atoms with E-state index in [0.717, 1.165) is 12.1 Å². The first-order valence-corrected chi connectivity index (χ1v) is 4.49. The lowest BCUT2D eigenvalue weighted by Gasteiger charge is -2.13. The largest absolute Gasteiger partial charge is 0.507 e. The summed E-state index contributed by atoms with van der Waals surface area (Å²) in [5.41, 5.74) is -0.759. The maximum absolute atomic E-state index is 10.5. The summed E-state index contributed by atoms with van der Waals surface area (Å²) in [5, 5.41) is 45.2. The van der Waals surface area contributed by atoms with Gasteiger partial charge in [0.25, 0.3) is 0 Å². The second-order valence-electron chi connectivity index (χ2n) is 3.27. The zero-order valence-corrected chi connectivity index (χ0v) is 8.44. The molecule has 0 saturated heterocycles. The van der Waals surface area contributed by atoms with Gasteiger partial charge in [-0.3, -0.25) is 0 Å². The third kappa shape index (κ3) is 2.52. The number of aromatic hydroxyl groups is 1. The second kappa shape index (κ2) is 4.81. The van der Waals surface area contributed by atoms with Gasteiger partial charge in [-0.15, -0.1) is 0 Å². The first-order valence-electron chi connectivity index (χ1n) is 4.49. The Kier molecular flexibility index (Phi) is 3.66. The highest BCUT2D eigenvalue weighted by Crippen LogP contribution is 2.32. The number of benzene rings is 1. The predicted octanol–water partition coefficient (Wildman–Crippen LogP) is -0.372. The van der Waals surface area contributed by atoms with Gasteiger partial charge >= 0.3 is 11.9 Å². The molecule has 0 aliphatic heterocycles. The molecule has 1 aromatic carbocycles. The number of phenolic OH excluding ortho intramolecular Hbond substituents is 1. The molecule has 0 spiro atoms. The van der Waals surface area contributed by atoms with E-state index in [4.69, 9.17) is 10.2 Å². The molecule has 7 nitrogen and oxygen atoms in total. The minimum atomic E-state index is -1.99. The highest BCUT2D eigenvalue weighted by atomic mass is 16.4. The van der Waals surface area contributed by atoms with Gasteiger partial charge in [0, 0.05) is 11.1 Å². The van der Waals surface area contributed by atoms with Crippen molar-refractivity contribution < 1.29 is 35.1 Å². The van der Waals surface area contributed by atoms with Crippen LogP contribution in [0.15, 0.2) is 18.2 Å². The number of aliphatic hydroxyl groups excluding tert-OH is 2. The van der Waals surface area contributed by atoms with Crippen LogP contribution >= 0.6 is 0 Å². The molecule has 0 saturated carbocycles. The van der Waals surface area contributed by atoms with E-state index in [-0.39, 0.29) is 11.1 Å². The summed E-state index contributed by atoms with van der Waals surface area (Å²) < 4.78 is 0. The predicted molar refractivity (Wildman–Crippen MR) is 53.3 cm³/mol. The fourth-order valence-electron chi connectivity index (χ4n) is 1.29. The standard InChI is InChI=1S/C10H10O7/c11-6-4(7(12)9(14)15)2-1-3-5(6)8(13)10(16)17/h1-3,7-8,11-13H,(H,14,15)(H,16,17). The van der Waals surface area contributed by atoms with E-state index in [2.05, 4.69) is 0 Å². The number of carbonyl (C=O) groups is 2. The minimum Gasteiger partial charge on any atom is -0.507 e. The smallest absolute Gasteiger partial charge is 0.337 e. The summed E-state index contributed by atoms with van der Waals surface area (Å²) >= 11 is 0. The lowest BCUT2D eigenvalue weighted by Crippen LogP contribution is -2.14. The van der Waals surface area contributed by atoms with Crippen LogP contribution in [0.4, 0.5) is 0 Å². The van der Waals surface area contributed by atoms with Gasteiger partial charge in [0.2, 0.25) is 0 Å². The Hall–Kier alpha value is -2.12. The van der Waals surface area contributed by atoms with E-state index < -0.39 is 29.9 Å². The van der Waals surface area contributed by atoms with Crippen molar-refractivity contribution in [3.05, 3.63) is 29.3 Å². The highest BCUT2D eigenvalue weighted by Gasteiger charge is 2.26. The lowest BCUT2D eigenvalue weighted by molar-refractivity contribution is -0.147. The van der Waals surface area contributed by atoms with Crippen LogP contribution in [0.1, 0.15) is 23.3 Å². The van der Waals surface area contributed by atoms with Crippen LogP contribution < -0.4 is 0 Å². The number of phenols is 1. The number of aliphatic carboxylic acids is 2. The zero-order valence-electron chi connectivity index (χ0n) is 8.44. The van der Waals surface area contributed by atoms with Gasteiger partial charge in [0.15, 0.2) is 12.2 Å². The van der Waals surface area contributed by atoms with Gasteiger partial charge in [0.05, 0.1) is 0 Å². The second-order valence-corrected chi connectivity index (χ2v) is 3.27. The van der Waals surface area contributed by atoms with Crippen LogP contribution in [-0.2, 0) is 9.59 Å². The molecule has 17 heavy (non-hydrogen) atoms. The summed E-state index contributed by atoms with van der Waals surface area (Å²) in [6.07, 6.45) is -3.98. The van der Waals surface area contributed by atoms with E-state index in [0.29, 0.717) is 0 Å². The highest BCUT2D eigenvalue weighted by molar-refractivity contribution is 5.78. The minimum absolute atomic E-state index is 0.379. The molecular weight excluding hydrogens is 232 g/mol. The average molecular weight is 242 g/mol. The summed E-state index contributed by atoms with van der Waals surface area (Å²) in [6, 6.07) is 3.46. The Bertz CT molecular complexity index is 416. The van der Waals surface area contributed by atoms with Crippen molar-refractivity contribution in [3.63, 3.8) is 0 Å². The molecule has 0 amide bonds. The number of hydrogen-bond donors (Lipinski definition) is 5. The lowest BCUT2D eigenvalue weighted by atomic mass is 10.0. The van der Waals surface area contributed by atoms with Crippen molar-refractivity contribution in [3.8, 4) is 5.75 Å². The number of carboxylic acids is 2. The first kappa shape index (κ1) is 12.9. The van der Waals surface area contributed by atoms with Crippen LogP contribution in [0.25, 0.3) is 0 Å². The molecule has 0 aliphatic carbocycles. The van der Waals surface area contributed by atoms with Crippen molar-refractivity contribution in [2.45, 2.75) is 12.2 Å². The zero-order chi connectivity index (χ0) is 13.2. The molecule has 7 heteroatoms. The Morgan fingerprint density at radius 2 is 1.29 bits per heavy atom. The van der Waals surface area contributed by atoms with Gasteiger partial charge in [-0.25, -0.2) is 9.59 Å². The molecule has 1 rings (SSSR count). The van der Waals surface area contributed by atoms with Crippen LogP contribution in [-0.4, -0.2) is 37.5 Å². The number of hydrogen-bond acceptors (Lipinski definition) is 5. The maximum atomic E-state index is 10.5. The Labute approximate surface area is 95.2 Å². The van der Waals surface area contributed by atoms with Gasteiger partial charge in [-0.1, -0.05) is 18.2 Å². The summed E-state index contributed by atoms with van der Waals surface area (Å²) in [4.78, 5) is 21.1. The average Bonchev–Trinajstić information content (AvgIpc) is 2.27. The SMILES string of the molecule is O=C(O)C(O)c1cccc(C(O)C(=O)O)c1O. The Morgan fingerprint density at radius 1 is 0.941 bits per heavy atom. The molecule has 0 aromatic heterocycles. The molecule has 5 N–H and O–H groups in total. The van der Waals surface area contributed by atoms with Gasteiger partial charge in [-0.05, 0) is 0 Å². The maximum Gasteiger partial charge on any atom is 0.337 e. The van der Waals surface area contributed by atoms with Gasteiger partial charge in [0.1, 0.15) is 5.75 Å². The third-order valence-corrected chi connectivity index (χ3v) is 2.16. The van der Waals surface area contributed by atoms with Crippen LogP contribution in [0, 0.1) is 0 Å². The number of rotatable bonds is 4. The number of carboxylic acid groups (broad SMARTS) is 2. The van der Waals surface area contributed by atoms with Crippen molar-refractivity contribution in [1.29, 1.82) is 0 Å². The van der Waals surface area contributed by atoms with Crippen molar-refractivity contribution in [1.82, 2.24) is 0 Å². The van der Waals surface area contributed by atoms with Crippen molar-refractivity contribution in [2.24, 2.45) is 0 Å². The quantitative estimate of drug-likeness (QED) is 0.486. The molecular formula is C10H10O7. The van der Waals surface area contributed by atoms with E-state index in [1.165, 1.54) is 6.07 Å². The molecule has 2 atom stereocenters.